The minimum absolute atomic E-state index is 0.0620. The molecule has 0 saturated heterocycles. The van der Waals surface area contributed by atoms with Crippen molar-refractivity contribution in [3.63, 3.8) is 0 Å². The molecule has 3 nitrogen and oxygen atoms in total. The lowest BCUT2D eigenvalue weighted by Gasteiger charge is -2.63. The van der Waals surface area contributed by atoms with Crippen LogP contribution >= 0.6 is 0 Å². The second-order valence-corrected chi connectivity index (χ2v) is 13.7. The van der Waals surface area contributed by atoms with E-state index in [0.29, 0.717) is 16.9 Å². The molecule has 0 radical (unpaired) electrons. The Balaban J connectivity index is 1.28. The Labute approximate surface area is 207 Å². The fourth-order valence-electron chi connectivity index (χ4n) is 10.6. The fourth-order valence-corrected chi connectivity index (χ4v) is 10.6. The molecule has 9 atom stereocenters. The van der Waals surface area contributed by atoms with E-state index in [1.165, 1.54) is 56.9 Å². The third-order valence-corrected chi connectivity index (χ3v) is 12.8. The Morgan fingerprint density at radius 3 is 2.44 bits per heavy atom. The summed E-state index contributed by atoms with van der Waals surface area (Å²) in [5.74, 6) is 4.56. The van der Waals surface area contributed by atoms with Crippen LogP contribution in [0.25, 0.3) is 0 Å². The molecule has 186 valence electrons. The van der Waals surface area contributed by atoms with Gasteiger partial charge in [-0.1, -0.05) is 32.0 Å². The maximum Gasteiger partial charge on any atom is 0.254 e. The van der Waals surface area contributed by atoms with E-state index in [1.807, 2.05) is 6.07 Å². The van der Waals surface area contributed by atoms with E-state index < -0.39 is 0 Å². The molecule has 1 amide bonds. The van der Waals surface area contributed by atoms with Crippen LogP contribution in [0.15, 0.2) is 24.3 Å². The van der Waals surface area contributed by atoms with Crippen molar-refractivity contribution < 1.29 is 4.79 Å². The third kappa shape index (κ3) is 2.83. The van der Waals surface area contributed by atoms with Gasteiger partial charge in [0.05, 0.1) is 5.54 Å². The van der Waals surface area contributed by atoms with Gasteiger partial charge in [0.1, 0.15) is 0 Å². The van der Waals surface area contributed by atoms with Gasteiger partial charge in [-0.3, -0.25) is 4.79 Å². The van der Waals surface area contributed by atoms with Crippen molar-refractivity contribution in [2.75, 3.05) is 21.1 Å². The highest BCUT2D eigenvalue weighted by atomic mass is 16.2. The number of hydrogen-bond acceptors (Lipinski definition) is 2. The van der Waals surface area contributed by atoms with E-state index in [-0.39, 0.29) is 11.4 Å². The van der Waals surface area contributed by atoms with E-state index in [1.54, 1.807) is 0 Å². The van der Waals surface area contributed by atoms with Gasteiger partial charge in [0.15, 0.2) is 0 Å². The van der Waals surface area contributed by atoms with Crippen LogP contribution in [0, 0.1) is 40.4 Å². The van der Waals surface area contributed by atoms with E-state index in [2.05, 4.69) is 69.9 Å². The number of nitrogens with zero attached hydrogens (tertiary/aromatic N) is 2. The molecule has 1 spiro atoms. The first-order valence-electron chi connectivity index (χ1n) is 14.2. The van der Waals surface area contributed by atoms with Crippen LogP contribution in [0.3, 0.4) is 0 Å². The fraction of sp³-hybridized carbons (Fsp3) is 0.774. The van der Waals surface area contributed by atoms with Crippen molar-refractivity contribution in [2.45, 2.75) is 90.1 Å². The molecular weight excluding hydrogens is 416 g/mol. The lowest BCUT2D eigenvalue weighted by Crippen LogP contribution is -2.57. The first-order chi connectivity index (χ1) is 16.1. The van der Waals surface area contributed by atoms with Crippen molar-refractivity contribution in [1.29, 1.82) is 0 Å². The normalized spacial score (nSPS) is 46.3. The van der Waals surface area contributed by atoms with Crippen LogP contribution in [-0.2, 0) is 5.54 Å². The predicted octanol–water partition coefficient (Wildman–Crippen LogP) is 6.58. The second kappa shape index (κ2) is 7.58. The third-order valence-electron chi connectivity index (χ3n) is 12.8. The molecule has 0 aromatic heterocycles. The van der Waals surface area contributed by atoms with Gasteiger partial charge in [-0.25, -0.2) is 0 Å². The molecule has 0 N–H and O–H groups in total. The van der Waals surface area contributed by atoms with Crippen LogP contribution in [0.5, 0.6) is 0 Å². The summed E-state index contributed by atoms with van der Waals surface area (Å²) >= 11 is 0. The SMILES string of the molecule is C[C@@H](C1CC[C@H]2[C@@H]3CC[C@H]4C[C@]5(CC[C@]4(C)[C@H]3CC[C@]12C)c1ccccc1C(=O)N5C)N(C)C. The van der Waals surface area contributed by atoms with Gasteiger partial charge in [-0.15, -0.1) is 0 Å². The average Bonchev–Trinajstić information content (AvgIpc) is 3.28. The van der Waals surface area contributed by atoms with Gasteiger partial charge < -0.3 is 9.80 Å². The Kier molecular flexibility index (Phi) is 5.14. The smallest absolute Gasteiger partial charge is 0.254 e. The molecule has 0 bridgehead atoms. The zero-order valence-corrected chi connectivity index (χ0v) is 22.4. The number of carbonyl (C=O) groups is 1. The van der Waals surface area contributed by atoms with E-state index in [4.69, 9.17) is 0 Å². The summed E-state index contributed by atoms with van der Waals surface area (Å²) in [7, 11) is 6.63. The molecule has 1 aromatic rings. The van der Waals surface area contributed by atoms with Crippen molar-refractivity contribution >= 4 is 5.91 Å². The highest BCUT2D eigenvalue weighted by molar-refractivity contribution is 5.99. The number of fused-ring (bicyclic) bond motifs is 7. The van der Waals surface area contributed by atoms with E-state index in [0.717, 1.165) is 41.6 Å². The lowest BCUT2D eigenvalue weighted by molar-refractivity contribution is -0.134. The number of benzene rings is 1. The monoisotopic (exact) mass is 462 g/mol. The zero-order chi connectivity index (χ0) is 24.0. The number of amides is 1. The Hall–Kier alpha value is -1.35. The van der Waals surface area contributed by atoms with E-state index in [9.17, 15) is 4.79 Å². The zero-order valence-electron chi connectivity index (χ0n) is 22.4. The molecule has 4 aliphatic carbocycles. The summed E-state index contributed by atoms with van der Waals surface area (Å²) < 4.78 is 0. The maximum atomic E-state index is 13.2. The first kappa shape index (κ1) is 23.1. The van der Waals surface area contributed by atoms with Gasteiger partial charge in [0, 0.05) is 18.7 Å². The summed E-state index contributed by atoms with van der Waals surface area (Å²) in [5, 5.41) is 0. The summed E-state index contributed by atoms with van der Waals surface area (Å²) in [6.07, 6.45) is 12.1. The van der Waals surface area contributed by atoms with Crippen molar-refractivity contribution in [1.82, 2.24) is 9.80 Å². The average molecular weight is 463 g/mol. The number of hydrogen-bond donors (Lipinski definition) is 0. The maximum absolute atomic E-state index is 13.2. The molecular formula is C31H46N2O. The second-order valence-electron chi connectivity index (χ2n) is 13.7. The van der Waals surface area contributed by atoms with Crippen molar-refractivity contribution in [3.05, 3.63) is 35.4 Å². The largest absolute Gasteiger partial charge is 0.332 e. The highest BCUT2D eigenvalue weighted by Crippen LogP contribution is 2.69. The Morgan fingerprint density at radius 2 is 1.68 bits per heavy atom. The molecule has 1 aromatic carbocycles. The molecule has 34 heavy (non-hydrogen) atoms. The van der Waals surface area contributed by atoms with Gasteiger partial charge >= 0.3 is 0 Å². The lowest BCUT2D eigenvalue weighted by atomic mass is 9.43. The molecule has 1 unspecified atom stereocenters. The minimum Gasteiger partial charge on any atom is -0.332 e. The molecule has 4 fully saturated rings. The highest BCUT2D eigenvalue weighted by Gasteiger charge is 2.63. The number of carbonyl (C=O) groups excluding carboxylic acids is 1. The van der Waals surface area contributed by atoms with Crippen LogP contribution in [0.4, 0.5) is 0 Å². The molecule has 6 rings (SSSR count). The van der Waals surface area contributed by atoms with Gasteiger partial charge in [-0.05, 0) is 131 Å². The Bertz CT molecular complexity index is 987. The number of rotatable bonds is 2. The first-order valence-corrected chi connectivity index (χ1v) is 14.2. The van der Waals surface area contributed by atoms with Crippen LogP contribution in [0.1, 0.15) is 94.5 Å². The van der Waals surface area contributed by atoms with Crippen molar-refractivity contribution in [3.8, 4) is 0 Å². The molecule has 4 saturated carbocycles. The molecule has 5 aliphatic rings. The van der Waals surface area contributed by atoms with Crippen LogP contribution in [-0.4, -0.2) is 42.9 Å². The van der Waals surface area contributed by atoms with Gasteiger partial charge in [-0.2, -0.15) is 0 Å². The van der Waals surface area contributed by atoms with Crippen LogP contribution < -0.4 is 0 Å². The summed E-state index contributed by atoms with van der Waals surface area (Å²) in [5.41, 5.74) is 3.19. The topological polar surface area (TPSA) is 23.6 Å². The quantitative estimate of drug-likeness (QED) is 0.496. The molecule has 1 heterocycles. The van der Waals surface area contributed by atoms with Gasteiger partial charge in [0.2, 0.25) is 0 Å². The summed E-state index contributed by atoms with van der Waals surface area (Å²) in [6.45, 7) is 7.81. The van der Waals surface area contributed by atoms with Crippen LogP contribution in [0.2, 0.25) is 0 Å². The summed E-state index contributed by atoms with van der Waals surface area (Å²) in [6, 6.07) is 9.17. The Morgan fingerprint density at radius 1 is 0.941 bits per heavy atom. The standard InChI is InChI=1S/C31H46N2O/c1-20(32(4)5)24-13-14-25-22-12-11-21-19-31(27-10-8-7-9-23(27)28(34)33(31)6)18-17-29(21,2)26(22)15-16-30(24,25)3/h7-10,20-22,24-26H,11-19H2,1-6H3/t20-,21-,22-,24?,25-,26-,29-,30+,31+/m0/s1. The van der Waals surface area contributed by atoms with E-state index >= 15 is 0 Å². The minimum atomic E-state index is -0.0620. The predicted molar refractivity (Wildman–Crippen MR) is 139 cm³/mol. The molecule has 1 aliphatic heterocycles. The van der Waals surface area contributed by atoms with Gasteiger partial charge in [0.25, 0.3) is 5.91 Å². The molecule has 3 heteroatoms. The van der Waals surface area contributed by atoms with Crippen molar-refractivity contribution in [2.24, 2.45) is 40.4 Å². The summed E-state index contributed by atoms with van der Waals surface area (Å²) in [4.78, 5) is 17.8.